The van der Waals surface area contributed by atoms with Gasteiger partial charge < -0.3 is 19.5 Å². The van der Waals surface area contributed by atoms with E-state index in [1.807, 2.05) is 19.9 Å². The fraction of sp³-hybridized carbons (Fsp3) is 0.261. The number of hydrogen-bond donors (Lipinski definition) is 1. The number of methoxy groups -OCH3 is 1. The molecule has 0 aliphatic heterocycles. The zero-order valence-electron chi connectivity index (χ0n) is 17.2. The van der Waals surface area contributed by atoms with Crippen molar-refractivity contribution in [1.82, 2.24) is 0 Å². The third kappa shape index (κ3) is 6.11. The van der Waals surface area contributed by atoms with Crippen LogP contribution in [0.25, 0.3) is 6.08 Å². The number of anilines is 1. The van der Waals surface area contributed by atoms with Gasteiger partial charge >= 0.3 is 5.97 Å². The number of carbonyl (C=O) groups is 2. The van der Waals surface area contributed by atoms with Crippen molar-refractivity contribution in [2.75, 3.05) is 25.6 Å². The summed E-state index contributed by atoms with van der Waals surface area (Å²) in [5.74, 6) is 0.134. The minimum absolute atomic E-state index is 0.0725. The van der Waals surface area contributed by atoms with Crippen LogP contribution in [0.15, 0.2) is 48.0 Å². The van der Waals surface area contributed by atoms with E-state index in [4.69, 9.17) is 9.47 Å². The topological polar surface area (TPSA) is 97.7 Å². The van der Waals surface area contributed by atoms with Crippen molar-refractivity contribution >= 4 is 23.6 Å². The normalized spacial score (nSPS) is 10.7. The first-order valence-corrected chi connectivity index (χ1v) is 9.53. The highest BCUT2D eigenvalue weighted by molar-refractivity contribution is 6.09. The van der Waals surface area contributed by atoms with E-state index in [1.54, 1.807) is 30.3 Å². The van der Waals surface area contributed by atoms with Gasteiger partial charge in [-0.05, 0) is 61.4 Å². The lowest BCUT2D eigenvalue weighted by Crippen LogP contribution is -2.13. The summed E-state index contributed by atoms with van der Waals surface area (Å²) < 4.78 is 15.9. The highest BCUT2D eigenvalue weighted by Gasteiger charge is 2.12. The number of nitriles is 1. The molecule has 0 unspecified atom stereocenters. The molecular formula is C23H24N2O5. The average molecular weight is 408 g/mol. The second-order valence-electron chi connectivity index (χ2n) is 6.18. The van der Waals surface area contributed by atoms with Crippen molar-refractivity contribution in [1.29, 1.82) is 5.26 Å². The Bertz CT molecular complexity index is 959. The van der Waals surface area contributed by atoms with Crippen LogP contribution in [0.1, 0.15) is 36.2 Å². The Morgan fingerprint density at radius 1 is 1.07 bits per heavy atom. The van der Waals surface area contributed by atoms with Crippen molar-refractivity contribution in [3.63, 3.8) is 0 Å². The molecule has 2 aromatic carbocycles. The Kier molecular flexibility index (Phi) is 8.45. The van der Waals surface area contributed by atoms with Crippen LogP contribution in [0, 0.1) is 11.3 Å². The fourth-order valence-electron chi connectivity index (χ4n) is 2.54. The molecule has 156 valence electrons. The van der Waals surface area contributed by atoms with E-state index in [2.05, 4.69) is 10.1 Å². The Balaban J connectivity index is 2.19. The van der Waals surface area contributed by atoms with Crippen LogP contribution in [0.4, 0.5) is 5.69 Å². The summed E-state index contributed by atoms with van der Waals surface area (Å²) in [6.45, 7) is 4.91. The van der Waals surface area contributed by atoms with Crippen molar-refractivity contribution in [2.24, 2.45) is 0 Å². The van der Waals surface area contributed by atoms with Crippen LogP contribution in [0.2, 0.25) is 0 Å². The lowest BCUT2D eigenvalue weighted by molar-refractivity contribution is -0.112. The van der Waals surface area contributed by atoms with Gasteiger partial charge in [0.1, 0.15) is 11.6 Å². The maximum Gasteiger partial charge on any atom is 0.337 e. The third-order valence-corrected chi connectivity index (χ3v) is 3.97. The molecule has 1 amide bonds. The van der Waals surface area contributed by atoms with Gasteiger partial charge in [-0.25, -0.2) is 4.79 Å². The zero-order chi connectivity index (χ0) is 21.9. The summed E-state index contributed by atoms with van der Waals surface area (Å²) >= 11 is 0. The van der Waals surface area contributed by atoms with E-state index >= 15 is 0 Å². The molecule has 30 heavy (non-hydrogen) atoms. The standard InChI is InChI=1S/C23H24N2O5/c1-4-12-30-20-11-6-16(14-21(20)29-5-2)13-18(15-24)22(26)25-19-9-7-17(8-10-19)23(27)28-3/h6-11,13-14H,4-5,12H2,1-3H3,(H,25,26)/b18-13+. The van der Waals surface area contributed by atoms with Gasteiger partial charge in [-0.3, -0.25) is 4.79 Å². The lowest BCUT2D eigenvalue weighted by Gasteiger charge is -2.12. The van der Waals surface area contributed by atoms with Crippen LogP contribution in [0.3, 0.4) is 0 Å². The summed E-state index contributed by atoms with van der Waals surface area (Å²) in [5.41, 5.74) is 1.37. The maximum atomic E-state index is 12.5. The number of amides is 1. The highest BCUT2D eigenvalue weighted by atomic mass is 16.5. The molecule has 0 aliphatic carbocycles. The van der Waals surface area contributed by atoms with Crippen LogP contribution in [0.5, 0.6) is 11.5 Å². The summed E-state index contributed by atoms with van der Waals surface area (Å²) in [6.07, 6.45) is 2.34. The largest absolute Gasteiger partial charge is 0.490 e. The predicted molar refractivity (Wildman–Crippen MR) is 113 cm³/mol. The Hall–Kier alpha value is -3.79. The van der Waals surface area contributed by atoms with Gasteiger partial charge in [0.2, 0.25) is 0 Å². The summed E-state index contributed by atoms with van der Waals surface area (Å²) in [4.78, 5) is 24.0. The second-order valence-corrected chi connectivity index (χ2v) is 6.18. The van der Waals surface area contributed by atoms with E-state index in [9.17, 15) is 14.9 Å². The van der Waals surface area contributed by atoms with Gasteiger partial charge in [0.05, 0.1) is 25.9 Å². The minimum Gasteiger partial charge on any atom is -0.490 e. The van der Waals surface area contributed by atoms with Crippen molar-refractivity contribution in [2.45, 2.75) is 20.3 Å². The number of rotatable bonds is 9. The molecule has 0 fully saturated rings. The molecule has 0 bridgehead atoms. The van der Waals surface area contributed by atoms with Gasteiger partial charge in [-0.15, -0.1) is 0 Å². The van der Waals surface area contributed by atoms with E-state index in [-0.39, 0.29) is 5.57 Å². The Morgan fingerprint density at radius 3 is 2.40 bits per heavy atom. The smallest absolute Gasteiger partial charge is 0.337 e. The molecule has 7 heteroatoms. The van der Waals surface area contributed by atoms with E-state index in [0.717, 1.165) is 6.42 Å². The Morgan fingerprint density at radius 2 is 1.80 bits per heavy atom. The number of hydrogen-bond acceptors (Lipinski definition) is 6. The van der Waals surface area contributed by atoms with Gasteiger partial charge in [-0.1, -0.05) is 13.0 Å². The van der Waals surface area contributed by atoms with Crippen molar-refractivity contribution in [3.8, 4) is 17.6 Å². The molecule has 0 aromatic heterocycles. The van der Waals surface area contributed by atoms with Crippen molar-refractivity contribution < 1.29 is 23.8 Å². The first-order valence-electron chi connectivity index (χ1n) is 9.53. The summed E-state index contributed by atoms with van der Waals surface area (Å²) in [6, 6.07) is 13.3. The summed E-state index contributed by atoms with van der Waals surface area (Å²) in [7, 11) is 1.29. The average Bonchev–Trinajstić information content (AvgIpc) is 2.77. The van der Waals surface area contributed by atoms with Gasteiger partial charge in [-0.2, -0.15) is 5.26 Å². The molecule has 0 saturated carbocycles. The molecule has 0 radical (unpaired) electrons. The highest BCUT2D eigenvalue weighted by Crippen LogP contribution is 2.29. The van der Waals surface area contributed by atoms with Crippen LogP contribution >= 0.6 is 0 Å². The molecule has 7 nitrogen and oxygen atoms in total. The SMILES string of the molecule is CCCOc1ccc(/C=C(\C#N)C(=O)Nc2ccc(C(=O)OC)cc2)cc1OCC. The third-order valence-electron chi connectivity index (χ3n) is 3.97. The molecule has 0 spiro atoms. The van der Waals surface area contributed by atoms with Gasteiger partial charge in [0.15, 0.2) is 11.5 Å². The lowest BCUT2D eigenvalue weighted by atomic mass is 10.1. The van der Waals surface area contributed by atoms with Crippen LogP contribution in [-0.2, 0) is 9.53 Å². The Labute approximate surface area is 175 Å². The van der Waals surface area contributed by atoms with Gasteiger partial charge in [0, 0.05) is 5.69 Å². The predicted octanol–water partition coefficient (Wildman–Crippen LogP) is 4.21. The monoisotopic (exact) mass is 408 g/mol. The van der Waals surface area contributed by atoms with E-state index < -0.39 is 11.9 Å². The number of carbonyl (C=O) groups excluding carboxylic acids is 2. The van der Waals surface area contributed by atoms with Crippen LogP contribution in [-0.4, -0.2) is 32.2 Å². The molecule has 0 aliphatic rings. The minimum atomic E-state index is -0.562. The number of benzene rings is 2. The molecule has 0 atom stereocenters. The quantitative estimate of drug-likeness (QED) is 0.379. The molecule has 2 rings (SSSR count). The molecule has 1 N–H and O–H groups in total. The molecular weight excluding hydrogens is 384 g/mol. The number of esters is 1. The first-order chi connectivity index (χ1) is 14.5. The maximum absolute atomic E-state index is 12.5. The number of nitrogens with zero attached hydrogens (tertiary/aromatic N) is 1. The summed E-state index contributed by atoms with van der Waals surface area (Å²) in [5, 5.41) is 12.1. The van der Waals surface area contributed by atoms with Crippen LogP contribution < -0.4 is 14.8 Å². The molecule has 0 heterocycles. The molecule has 2 aromatic rings. The van der Waals surface area contributed by atoms with E-state index in [0.29, 0.717) is 41.5 Å². The first kappa shape index (κ1) is 22.5. The zero-order valence-corrected chi connectivity index (χ0v) is 17.2. The number of nitrogens with one attached hydrogen (secondary N) is 1. The fourth-order valence-corrected chi connectivity index (χ4v) is 2.54. The van der Waals surface area contributed by atoms with E-state index in [1.165, 1.54) is 25.3 Å². The van der Waals surface area contributed by atoms with Crippen molar-refractivity contribution in [3.05, 3.63) is 59.2 Å². The van der Waals surface area contributed by atoms with Gasteiger partial charge in [0.25, 0.3) is 5.91 Å². The molecule has 0 saturated heterocycles. The second kappa shape index (κ2) is 11.3. The number of ether oxygens (including phenoxy) is 3.